The van der Waals surface area contributed by atoms with Gasteiger partial charge >= 0.3 is 0 Å². The van der Waals surface area contributed by atoms with Crippen molar-refractivity contribution in [2.24, 2.45) is 5.84 Å². The molecule has 0 saturated carbocycles. The minimum absolute atomic E-state index is 0.231. The highest BCUT2D eigenvalue weighted by molar-refractivity contribution is 5.41. The Morgan fingerprint density at radius 2 is 2.33 bits per heavy atom. The van der Waals surface area contributed by atoms with Gasteiger partial charge in [0.05, 0.1) is 18.0 Å². The van der Waals surface area contributed by atoms with Crippen molar-refractivity contribution >= 4 is 5.69 Å². The Labute approximate surface area is 108 Å². The van der Waals surface area contributed by atoms with Crippen LogP contribution in [0.1, 0.15) is 31.4 Å². The molecule has 1 unspecified atom stereocenters. The number of aromatic nitrogens is 1. The summed E-state index contributed by atoms with van der Waals surface area (Å²) in [6.45, 7) is 2.04. The molecule has 1 saturated heterocycles. The van der Waals surface area contributed by atoms with Crippen LogP contribution in [0.5, 0.6) is 0 Å². The Balaban J connectivity index is 2.05. The van der Waals surface area contributed by atoms with Crippen LogP contribution in [-0.4, -0.2) is 34.2 Å². The molecule has 0 aromatic carbocycles. The normalized spacial score (nSPS) is 21.6. The molecule has 0 aliphatic carbocycles. The summed E-state index contributed by atoms with van der Waals surface area (Å²) >= 11 is 0. The van der Waals surface area contributed by atoms with E-state index in [1.54, 1.807) is 6.20 Å². The first-order chi connectivity index (χ1) is 8.83. The van der Waals surface area contributed by atoms with Crippen molar-refractivity contribution in [3.63, 3.8) is 0 Å². The van der Waals surface area contributed by atoms with Crippen molar-refractivity contribution in [1.82, 2.24) is 9.88 Å². The number of nitrogen functional groups attached to an aromatic ring is 1. The number of rotatable bonds is 4. The fourth-order valence-electron chi connectivity index (χ4n) is 2.51. The molecule has 18 heavy (non-hydrogen) atoms. The van der Waals surface area contributed by atoms with Gasteiger partial charge in [0, 0.05) is 18.8 Å². The second-order valence-electron chi connectivity index (χ2n) is 4.84. The second kappa shape index (κ2) is 6.68. The van der Waals surface area contributed by atoms with Gasteiger partial charge in [0.25, 0.3) is 0 Å². The maximum atomic E-state index is 9.47. The molecule has 2 heterocycles. The average molecular weight is 250 g/mol. The molecule has 0 spiro atoms. The van der Waals surface area contributed by atoms with Gasteiger partial charge in [0.15, 0.2) is 0 Å². The van der Waals surface area contributed by atoms with Crippen LogP contribution in [0.15, 0.2) is 18.3 Å². The molecule has 1 aromatic heterocycles. The van der Waals surface area contributed by atoms with Crippen LogP contribution in [-0.2, 0) is 6.54 Å². The van der Waals surface area contributed by atoms with Crippen LogP contribution in [0.3, 0.4) is 0 Å². The number of nitrogens with two attached hydrogens (primary N) is 1. The number of hydrogen-bond acceptors (Lipinski definition) is 5. The predicted octanol–water partition coefficient (Wildman–Crippen LogP) is 1.10. The van der Waals surface area contributed by atoms with E-state index >= 15 is 0 Å². The predicted molar refractivity (Wildman–Crippen MR) is 71.8 cm³/mol. The van der Waals surface area contributed by atoms with Gasteiger partial charge in [0.2, 0.25) is 0 Å². The number of pyridine rings is 1. The van der Waals surface area contributed by atoms with Crippen molar-refractivity contribution in [1.29, 1.82) is 0 Å². The first kappa shape index (κ1) is 13.3. The molecule has 5 heteroatoms. The largest absolute Gasteiger partial charge is 0.395 e. The Morgan fingerprint density at radius 3 is 3.11 bits per heavy atom. The first-order valence-electron chi connectivity index (χ1n) is 6.60. The number of nitrogens with one attached hydrogen (secondary N) is 1. The Morgan fingerprint density at radius 1 is 1.44 bits per heavy atom. The first-order valence-corrected chi connectivity index (χ1v) is 6.60. The molecule has 2 rings (SSSR count). The van der Waals surface area contributed by atoms with E-state index in [1.807, 2.05) is 12.1 Å². The topological polar surface area (TPSA) is 74.4 Å². The number of hydrazine groups is 1. The highest BCUT2D eigenvalue weighted by Crippen LogP contribution is 2.19. The monoisotopic (exact) mass is 250 g/mol. The van der Waals surface area contributed by atoms with E-state index in [4.69, 9.17) is 5.84 Å². The molecule has 1 atom stereocenters. The molecular formula is C13H22N4O. The minimum atomic E-state index is 0.231. The molecule has 1 aromatic rings. The fourth-order valence-corrected chi connectivity index (χ4v) is 2.51. The molecule has 100 valence electrons. The van der Waals surface area contributed by atoms with Gasteiger partial charge in [-0.15, -0.1) is 0 Å². The summed E-state index contributed by atoms with van der Waals surface area (Å²) in [6, 6.07) is 4.07. The number of anilines is 1. The van der Waals surface area contributed by atoms with Crippen LogP contribution in [0.4, 0.5) is 5.69 Å². The highest BCUT2D eigenvalue weighted by atomic mass is 16.3. The number of likely N-dealkylation sites (tertiary alicyclic amines) is 1. The molecule has 1 fully saturated rings. The number of aliphatic hydroxyl groups is 1. The van der Waals surface area contributed by atoms with E-state index < -0.39 is 0 Å². The van der Waals surface area contributed by atoms with Crippen LogP contribution in [0, 0.1) is 0 Å². The van der Waals surface area contributed by atoms with E-state index in [9.17, 15) is 5.11 Å². The van der Waals surface area contributed by atoms with Crippen molar-refractivity contribution < 1.29 is 5.11 Å². The van der Waals surface area contributed by atoms with Crippen LogP contribution < -0.4 is 11.3 Å². The fraction of sp³-hybridized carbons (Fsp3) is 0.615. The molecule has 1 aliphatic heterocycles. The minimum Gasteiger partial charge on any atom is -0.395 e. The smallest absolute Gasteiger partial charge is 0.0587 e. The van der Waals surface area contributed by atoms with Crippen molar-refractivity contribution in [2.75, 3.05) is 18.6 Å². The van der Waals surface area contributed by atoms with Gasteiger partial charge in [-0.3, -0.25) is 15.7 Å². The van der Waals surface area contributed by atoms with Crippen LogP contribution >= 0.6 is 0 Å². The quantitative estimate of drug-likeness (QED) is 0.551. The average Bonchev–Trinajstić information content (AvgIpc) is 2.64. The molecule has 0 radical (unpaired) electrons. The highest BCUT2D eigenvalue weighted by Gasteiger charge is 2.20. The zero-order chi connectivity index (χ0) is 12.8. The molecule has 0 bridgehead atoms. The van der Waals surface area contributed by atoms with Crippen molar-refractivity contribution in [2.45, 2.75) is 38.3 Å². The van der Waals surface area contributed by atoms with Gasteiger partial charge in [-0.25, -0.2) is 0 Å². The maximum absolute atomic E-state index is 9.47. The molecule has 0 amide bonds. The van der Waals surface area contributed by atoms with Gasteiger partial charge < -0.3 is 10.5 Å². The lowest BCUT2D eigenvalue weighted by molar-refractivity contribution is 0.117. The van der Waals surface area contributed by atoms with E-state index in [0.29, 0.717) is 0 Å². The van der Waals surface area contributed by atoms with Crippen molar-refractivity contribution in [3.8, 4) is 0 Å². The standard InChI is InChI=1S/C13H22N4O/c14-16-11-5-6-15-12(8-11)9-17-7-3-1-2-4-13(17)10-18/h5-6,8,13,18H,1-4,7,9-10,14H2,(H,15,16). The van der Waals surface area contributed by atoms with E-state index in [0.717, 1.165) is 30.9 Å². The van der Waals surface area contributed by atoms with Gasteiger partial charge in [-0.05, 0) is 31.5 Å². The van der Waals surface area contributed by atoms with Crippen LogP contribution in [0.2, 0.25) is 0 Å². The van der Waals surface area contributed by atoms with E-state index in [2.05, 4.69) is 15.3 Å². The third kappa shape index (κ3) is 3.41. The Bertz CT molecular complexity index is 372. The van der Waals surface area contributed by atoms with Crippen molar-refractivity contribution in [3.05, 3.63) is 24.0 Å². The summed E-state index contributed by atoms with van der Waals surface area (Å²) in [5.74, 6) is 5.40. The maximum Gasteiger partial charge on any atom is 0.0587 e. The zero-order valence-corrected chi connectivity index (χ0v) is 10.7. The molecule has 5 nitrogen and oxygen atoms in total. The number of nitrogens with zero attached hydrogens (tertiary/aromatic N) is 2. The summed E-state index contributed by atoms with van der Waals surface area (Å²) in [7, 11) is 0. The lowest BCUT2D eigenvalue weighted by atomic mass is 10.1. The lowest BCUT2D eigenvalue weighted by Crippen LogP contribution is -2.37. The Kier molecular flexibility index (Phi) is 4.92. The van der Waals surface area contributed by atoms with Gasteiger partial charge in [-0.2, -0.15) is 0 Å². The third-order valence-electron chi connectivity index (χ3n) is 3.56. The zero-order valence-electron chi connectivity index (χ0n) is 10.7. The lowest BCUT2D eigenvalue weighted by Gasteiger charge is -2.28. The summed E-state index contributed by atoms with van der Waals surface area (Å²) < 4.78 is 0. The third-order valence-corrected chi connectivity index (χ3v) is 3.56. The number of aliphatic hydroxyl groups excluding tert-OH is 1. The van der Waals surface area contributed by atoms with Gasteiger partial charge in [0.1, 0.15) is 0 Å². The van der Waals surface area contributed by atoms with E-state index in [-0.39, 0.29) is 12.6 Å². The van der Waals surface area contributed by atoms with Gasteiger partial charge in [-0.1, -0.05) is 12.8 Å². The molecule has 1 aliphatic rings. The molecular weight excluding hydrogens is 228 g/mol. The summed E-state index contributed by atoms with van der Waals surface area (Å²) in [5, 5.41) is 9.47. The summed E-state index contributed by atoms with van der Waals surface area (Å²) in [5.41, 5.74) is 4.50. The molecule has 4 N–H and O–H groups in total. The summed E-state index contributed by atoms with van der Waals surface area (Å²) in [6.07, 6.45) is 6.50. The SMILES string of the molecule is NNc1ccnc(CN2CCCCCC2CO)c1. The second-order valence-corrected chi connectivity index (χ2v) is 4.84. The summed E-state index contributed by atoms with van der Waals surface area (Å²) in [4.78, 5) is 6.69. The Hall–Kier alpha value is -1.17. The van der Waals surface area contributed by atoms with E-state index in [1.165, 1.54) is 19.3 Å². The van der Waals surface area contributed by atoms with Crippen LogP contribution in [0.25, 0.3) is 0 Å². The number of hydrogen-bond donors (Lipinski definition) is 3.